The smallest absolute Gasteiger partial charge is 0.406 e. The van der Waals surface area contributed by atoms with Crippen molar-refractivity contribution in [1.29, 1.82) is 0 Å². The molecule has 0 aromatic rings. The van der Waals surface area contributed by atoms with Gasteiger partial charge < -0.3 is 15.7 Å². The van der Waals surface area contributed by atoms with E-state index in [0.29, 0.717) is 11.3 Å². The molecule has 1 aliphatic rings. The molecule has 0 spiro atoms. The minimum Gasteiger partial charge on any atom is -0.480 e. The Hall–Kier alpha value is -1.31. The zero-order chi connectivity index (χ0) is 15.6. The van der Waals surface area contributed by atoms with Gasteiger partial charge in [0.15, 0.2) is 0 Å². The Morgan fingerprint density at radius 1 is 1.45 bits per heavy atom. The summed E-state index contributed by atoms with van der Waals surface area (Å²) >= 11 is 0. The zero-order valence-corrected chi connectivity index (χ0v) is 11.2. The lowest BCUT2D eigenvalue weighted by Gasteiger charge is -2.38. The minimum atomic E-state index is -4.65. The number of rotatable bonds is 4. The highest BCUT2D eigenvalue weighted by Crippen LogP contribution is 2.32. The molecular weight excluding hydrogens is 277 g/mol. The fourth-order valence-corrected chi connectivity index (χ4v) is 2.68. The van der Waals surface area contributed by atoms with Gasteiger partial charge in [0.1, 0.15) is 13.1 Å². The number of hydrogen-bond acceptors (Lipinski definition) is 3. The first-order valence-corrected chi connectivity index (χ1v) is 6.40. The number of nitrogens with two attached hydrogens (primary N) is 1. The van der Waals surface area contributed by atoms with Crippen molar-refractivity contribution in [3.8, 4) is 0 Å². The molecule has 20 heavy (non-hydrogen) atoms. The van der Waals surface area contributed by atoms with Crippen molar-refractivity contribution in [2.75, 3.05) is 13.1 Å². The Morgan fingerprint density at radius 2 is 2.05 bits per heavy atom. The molecule has 0 aromatic carbocycles. The Kier molecular flexibility index (Phi) is 5.01. The van der Waals surface area contributed by atoms with E-state index in [-0.39, 0.29) is 18.8 Å². The number of carbonyl (C=O) groups excluding carboxylic acids is 1. The number of alkyl halides is 3. The second kappa shape index (κ2) is 5.99. The molecule has 0 bridgehead atoms. The summed E-state index contributed by atoms with van der Waals surface area (Å²) in [6.45, 7) is -0.712. The summed E-state index contributed by atoms with van der Waals surface area (Å²) in [5.74, 6) is -2.28. The molecule has 1 rings (SSSR count). The molecule has 5 nitrogen and oxygen atoms in total. The number of carboxylic acids is 1. The van der Waals surface area contributed by atoms with E-state index in [2.05, 4.69) is 0 Å². The lowest BCUT2D eigenvalue weighted by atomic mass is 9.76. The Bertz CT molecular complexity index is 387. The third kappa shape index (κ3) is 4.66. The average Bonchev–Trinajstić information content (AvgIpc) is 2.24. The van der Waals surface area contributed by atoms with Gasteiger partial charge in [0, 0.05) is 0 Å². The van der Waals surface area contributed by atoms with Crippen molar-refractivity contribution in [3.05, 3.63) is 0 Å². The first kappa shape index (κ1) is 16.7. The molecule has 3 N–H and O–H groups in total. The topological polar surface area (TPSA) is 83.6 Å². The molecule has 0 radical (unpaired) electrons. The van der Waals surface area contributed by atoms with Crippen LogP contribution in [0.25, 0.3) is 0 Å². The minimum absolute atomic E-state index is 0.135. The lowest BCUT2D eigenvalue weighted by molar-refractivity contribution is -0.169. The predicted molar refractivity (Wildman–Crippen MR) is 64.8 cm³/mol. The van der Waals surface area contributed by atoms with Gasteiger partial charge in [-0.2, -0.15) is 13.2 Å². The van der Waals surface area contributed by atoms with E-state index < -0.39 is 36.7 Å². The fourth-order valence-electron chi connectivity index (χ4n) is 2.68. The molecule has 0 saturated heterocycles. The molecule has 2 unspecified atom stereocenters. The Balaban J connectivity index is 2.88. The molecule has 8 heteroatoms. The molecule has 0 aromatic heterocycles. The second-order valence-corrected chi connectivity index (χ2v) is 5.53. The molecule has 1 fully saturated rings. The summed E-state index contributed by atoms with van der Waals surface area (Å²) in [6.07, 6.45) is -2.58. The fraction of sp³-hybridized carbons (Fsp3) is 0.833. The van der Waals surface area contributed by atoms with Crippen molar-refractivity contribution in [1.82, 2.24) is 4.90 Å². The van der Waals surface area contributed by atoms with Crippen molar-refractivity contribution >= 4 is 11.9 Å². The van der Waals surface area contributed by atoms with Crippen LogP contribution in [-0.2, 0) is 9.59 Å². The van der Waals surface area contributed by atoms with Crippen LogP contribution in [0.1, 0.15) is 32.6 Å². The molecule has 116 valence electrons. The van der Waals surface area contributed by atoms with Crippen LogP contribution in [0, 0.1) is 5.92 Å². The maximum Gasteiger partial charge on any atom is 0.406 e. The highest BCUT2D eigenvalue weighted by atomic mass is 19.4. The van der Waals surface area contributed by atoms with Crippen LogP contribution in [0.2, 0.25) is 0 Å². The molecular formula is C12H19F3N2O3. The van der Waals surface area contributed by atoms with Gasteiger partial charge in [0.25, 0.3) is 0 Å². The molecule has 1 aliphatic carbocycles. The maximum atomic E-state index is 12.5. The number of amides is 1. The predicted octanol–water partition coefficient (Wildman–Crippen LogP) is 1.37. The number of halogens is 3. The van der Waals surface area contributed by atoms with Crippen LogP contribution in [0.5, 0.6) is 0 Å². The lowest BCUT2D eigenvalue weighted by Crippen LogP contribution is -2.59. The number of aliphatic carboxylic acids is 1. The first-order chi connectivity index (χ1) is 9.03. The van der Waals surface area contributed by atoms with Gasteiger partial charge >= 0.3 is 12.1 Å². The van der Waals surface area contributed by atoms with E-state index in [1.54, 1.807) is 0 Å². The van der Waals surface area contributed by atoms with E-state index in [0.717, 1.165) is 6.42 Å². The van der Waals surface area contributed by atoms with E-state index in [4.69, 9.17) is 10.8 Å². The van der Waals surface area contributed by atoms with Crippen LogP contribution in [-0.4, -0.2) is 46.7 Å². The largest absolute Gasteiger partial charge is 0.480 e. The van der Waals surface area contributed by atoms with Crippen LogP contribution in [0.15, 0.2) is 0 Å². The van der Waals surface area contributed by atoms with Crippen LogP contribution >= 0.6 is 0 Å². The van der Waals surface area contributed by atoms with Gasteiger partial charge in [-0.05, 0) is 18.8 Å². The van der Waals surface area contributed by atoms with Crippen molar-refractivity contribution in [3.63, 3.8) is 0 Å². The second-order valence-electron chi connectivity index (χ2n) is 5.53. The summed E-state index contributed by atoms with van der Waals surface area (Å²) in [6, 6.07) is 0. The molecule has 0 aliphatic heterocycles. The molecule has 0 heterocycles. The van der Waals surface area contributed by atoms with Crippen LogP contribution in [0.3, 0.4) is 0 Å². The number of carboxylic acid groups (broad SMARTS) is 1. The highest BCUT2D eigenvalue weighted by Gasteiger charge is 2.44. The summed E-state index contributed by atoms with van der Waals surface area (Å²) in [5.41, 5.74) is 4.55. The number of hydrogen-bond donors (Lipinski definition) is 2. The van der Waals surface area contributed by atoms with Gasteiger partial charge in [-0.1, -0.05) is 19.8 Å². The van der Waals surface area contributed by atoms with Gasteiger partial charge in [-0.15, -0.1) is 0 Å². The van der Waals surface area contributed by atoms with E-state index >= 15 is 0 Å². The van der Waals surface area contributed by atoms with Gasteiger partial charge in [-0.3, -0.25) is 9.59 Å². The summed E-state index contributed by atoms with van der Waals surface area (Å²) in [7, 11) is 0. The summed E-state index contributed by atoms with van der Waals surface area (Å²) < 4.78 is 37.4. The van der Waals surface area contributed by atoms with Crippen LogP contribution < -0.4 is 5.73 Å². The molecule has 2 atom stereocenters. The van der Waals surface area contributed by atoms with Crippen LogP contribution in [0.4, 0.5) is 13.2 Å². The zero-order valence-electron chi connectivity index (χ0n) is 11.2. The summed E-state index contributed by atoms with van der Waals surface area (Å²) in [4.78, 5) is 23.2. The Labute approximate surface area is 114 Å². The molecule has 1 saturated carbocycles. The average molecular weight is 296 g/mol. The quantitative estimate of drug-likeness (QED) is 0.820. The van der Waals surface area contributed by atoms with E-state index in [1.165, 1.54) is 0 Å². The number of carbonyl (C=O) groups is 2. The third-order valence-corrected chi connectivity index (χ3v) is 3.44. The van der Waals surface area contributed by atoms with Crippen molar-refractivity contribution < 1.29 is 27.9 Å². The monoisotopic (exact) mass is 296 g/mol. The number of nitrogens with zero attached hydrogens (tertiary/aromatic N) is 1. The van der Waals surface area contributed by atoms with Crippen molar-refractivity contribution in [2.24, 2.45) is 11.7 Å². The van der Waals surface area contributed by atoms with Crippen molar-refractivity contribution in [2.45, 2.75) is 44.3 Å². The highest BCUT2D eigenvalue weighted by molar-refractivity contribution is 5.89. The van der Waals surface area contributed by atoms with Gasteiger partial charge in [-0.25, -0.2) is 0 Å². The molecule has 1 amide bonds. The van der Waals surface area contributed by atoms with Gasteiger partial charge in [0.2, 0.25) is 5.91 Å². The van der Waals surface area contributed by atoms with E-state index in [1.807, 2.05) is 6.92 Å². The maximum absolute atomic E-state index is 12.5. The summed E-state index contributed by atoms with van der Waals surface area (Å²) in [5, 5.41) is 8.66. The third-order valence-electron chi connectivity index (χ3n) is 3.44. The van der Waals surface area contributed by atoms with E-state index in [9.17, 15) is 22.8 Å². The Morgan fingerprint density at radius 3 is 2.50 bits per heavy atom. The standard InChI is InChI=1S/C12H19F3N2O3/c1-8-3-2-4-11(16,5-8)10(20)17(6-9(18)19)7-12(13,14)15/h8H,2-7,16H2,1H3,(H,18,19). The SMILES string of the molecule is CC1CCCC(N)(C(=O)N(CC(=O)O)CC(F)(F)F)C1. The van der Waals surface area contributed by atoms with Gasteiger partial charge in [0.05, 0.1) is 5.54 Å². The normalized spacial score (nSPS) is 27.1. The first-order valence-electron chi connectivity index (χ1n) is 6.40.